The molecule has 112 valence electrons. The van der Waals surface area contributed by atoms with Gasteiger partial charge in [0.15, 0.2) is 5.82 Å². The molecule has 0 aromatic carbocycles. The van der Waals surface area contributed by atoms with Crippen LogP contribution in [0.25, 0.3) is 5.52 Å². The SMILES string of the molecule is CC(C)c1cc2c(NCCC3=CCNCC3)nccn2n1. The molecule has 0 amide bonds. The number of nitrogens with one attached hydrogen (secondary N) is 2. The maximum absolute atomic E-state index is 4.59. The lowest BCUT2D eigenvalue weighted by molar-refractivity contribution is 0.683. The van der Waals surface area contributed by atoms with Crippen molar-refractivity contribution in [3.05, 3.63) is 35.8 Å². The number of anilines is 1. The maximum atomic E-state index is 4.59. The van der Waals surface area contributed by atoms with Crippen LogP contribution in [0.15, 0.2) is 30.1 Å². The zero-order valence-electron chi connectivity index (χ0n) is 12.8. The van der Waals surface area contributed by atoms with Crippen LogP contribution in [0, 0.1) is 0 Å². The number of rotatable bonds is 5. The molecule has 0 fully saturated rings. The lowest BCUT2D eigenvalue weighted by Crippen LogP contribution is -2.21. The van der Waals surface area contributed by atoms with E-state index in [0.717, 1.165) is 49.5 Å². The molecule has 2 N–H and O–H groups in total. The third kappa shape index (κ3) is 3.24. The number of hydrogen-bond donors (Lipinski definition) is 2. The van der Waals surface area contributed by atoms with E-state index in [1.54, 1.807) is 6.20 Å². The van der Waals surface area contributed by atoms with Gasteiger partial charge in [-0.15, -0.1) is 0 Å². The quantitative estimate of drug-likeness (QED) is 0.829. The molecular weight excluding hydrogens is 262 g/mol. The maximum Gasteiger partial charge on any atom is 0.152 e. The van der Waals surface area contributed by atoms with Gasteiger partial charge in [-0.3, -0.25) is 0 Å². The Balaban J connectivity index is 1.70. The van der Waals surface area contributed by atoms with Crippen LogP contribution in [0.4, 0.5) is 5.82 Å². The zero-order valence-corrected chi connectivity index (χ0v) is 12.8. The van der Waals surface area contributed by atoms with Gasteiger partial charge < -0.3 is 10.6 Å². The molecule has 1 aliphatic rings. The van der Waals surface area contributed by atoms with E-state index in [2.05, 4.69) is 46.7 Å². The van der Waals surface area contributed by atoms with Gasteiger partial charge >= 0.3 is 0 Å². The molecule has 0 saturated carbocycles. The van der Waals surface area contributed by atoms with Crippen molar-refractivity contribution in [3.63, 3.8) is 0 Å². The molecule has 0 spiro atoms. The Hall–Kier alpha value is -1.88. The Kier molecular flexibility index (Phi) is 4.20. The summed E-state index contributed by atoms with van der Waals surface area (Å²) in [7, 11) is 0. The molecule has 1 aliphatic heterocycles. The molecule has 3 heterocycles. The van der Waals surface area contributed by atoms with Crippen LogP contribution in [0.3, 0.4) is 0 Å². The summed E-state index contributed by atoms with van der Waals surface area (Å²) in [6, 6.07) is 2.13. The minimum Gasteiger partial charge on any atom is -0.368 e. The Morgan fingerprint density at radius 2 is 2.33 bits per heavy atom. The summed E-state index contributed by atoms with van der Waals surface area (Å²) in [5.41, 5.74) is 3.69. The van der Waals surface area contributed by atoms with E-state index in [0.29, 0.717) is 5.92 Å². The average molecular weight is 285 g/mol. The highest BCUT2D eigenvalue weighted by atomic mass is 15.2. The number of fused-ring (bicyclic) bond motifs is 1. The van der Waals surface area contributed by atoms with Crippen LogP contribution in [0.1, 0.15) is 38.3 Å². The molecule has 2 aromatic heterocycles. The third-order valence-corrected chi connectivity index (χ3v) is 3.90. The van der Waals surface area contributed by atoms with Gasteiger partial charge in [0, 0.05) is 25.5 Å². The summed E-state index contributed by atoms with van der Waals surface area (Å²) < 4.78 is 1.91. The Bertz CT molecular complexity index is 641. The largest absolute Gasteiger partial charge is 0.368 e. The second kappa shape index (κ2) is 6.26. The summed E-state index contributed by atoms with van der Waals surface area (Å²) in [5, 5.41) is 11.4. The molecule has 0 unspecified atom stereocenters. The third-order valence-electron chi connectivity index (χ3n) is 3.90. The van der Waals surface area contributed by atoms with Gasteiger partial charge in [0.2, 0.25) is 0 Å². The van der Waals surface area contributed by atoms with Gasteiger partial charge in [0.25, 0.3) is 0 Å². The van der Waals surface area contributed by atoms with E-state index in [4.69, 9.17) is 0 Å². The highest BCUT2D eigenvalue weighted by molar-refractivity contribution is 5.67. The van der Waals surface area contributed by atoms with Crippen molar-refractivity contribution in [3.8, 4) is 0 Å². The molecule has 0 saturated heterocycles. The first kappa shape index (κ1) is 14.1. The number of hydrogen-bond acceptors (Lipinski definition) is 4. The highest BCUT2D eigenvalue weighted by Gasteiger charge is 2.10. The van der Waals surface area contributed by atoms with E-state index >= 15 is 0 Å². The van der Waals surface area contributed by atoms with Crippen molar-refractivity contribution in [1.82, 2.24) is 19.9 Å². The van der Waals surface area contributed by atoms with Crippen molar-refractivity contribution in [2.45, 2.75) is 32.6 Å². The molecule has 0 aliphatic carbocycles. The Labute approximate surface area is 125 Å². The number of nitrogens with zero attached hydrogens (tertiary/aromatic N) is 3. The first-order valence-electron chi connectivity index (χ1n) is 7.71. The first-order valence-corrected chi connectivity index (χ1v) is 7.71. The Morgan fingerprint density at radius 3 is 3.10 bits per heavy atom. The minimum absolute atomic E-state index is 0.428. The predicted octanol–water partition coefficient (Wildman–Crippen LogP) is 2.57. The summed E-state index contributed by atoms with van der Waals surface area (Å²) in [4.78, 5) is 4.46. The molecule has 5 nitrogen and oxygen atoms in total. The highest BCUT2D eigenvalue weighted by Crippen LogP contribution is 2.20. The van der Waals surface area contributed by atoms with Crippen molar-refractivity contribution >= 4 is 11.3 Å². The lowest BCUT2D eigenvalue weighted by Gasteiger charge is -2.14. The van der Waals surface area contributed by atoms with Gasteiger partial charge in [-0.2, -0.15) is 5.10 Å². The monoisotopic (exact) mass is 285 g/mol. The fourth-order valence-corrected chi connectivity index (χ4v) is 2.60. The molecule has 21 heavy (non-hydrogen) atoms. The van der Waals surface area contributed by atoms with Gasteiger partial charge in [-0.25, -0.2) is 9.50 Å². The van der Waals surface area contributed by atoms with E-state index in [1.807, 2.05) is 10.7 Å². The number of aromatic nitrogens is 3. The van der Waals surface area contributed by atoms with Crippen molar-refractivity contribution < 1.29 is 0 Å². The van der Waals surface area contributed by atoms with Gasteiger partial charge in [-0.05, 0) is 31.4 Å². The minimum atomic E-state index is 0.428. The van der Waals surface area contributed by atoms with Crippen LogP contribution < -0.4 is 10.6 Å². The van der Waals surface area contributed by atoms with Gasteiger partial charge in [0.1, 0.15) is 5.52 Å². The molecular formula is C16H23N5. The van der Waals surface area contributed by atoms with Crippen LogP contribution in [-0.4, -0.2) is 34.2 Å². The fourth-order valence-electron chi connectivity index (χ4n) is 2.60. The van der Waals surface area contributed by atoms with Gasteiger partial charge in [-0.1, -0.05) is 25.5 Å². The van der Waals surface area contributed by atoms with E-state index in [9.17, 15) is 0 Å². The lowest BCUT2D eigenvalue weighted by atomic mass is 10.1. The average Bonchev–Trinajstić information content (AvgIpc) is 2.94. The first-order chi connectivity index (χ1) is 10.2. The van der Waals surface area contributed by atoms with E-state index in [-0.39, 0.29) is 0 Å². The second-order valence-corrected chi connectivity index (χ2v) is 5.82. The zero-order chi connectivity index (χ0) is 14.7. The van der Waals surface area contributed by atoms with E-state index in [1.165, 1.54) is 5.57 Å². The standard InChI is InChI=1S/C16H23N5/c1-12(2)14-11-15-16(19-9-10-21(15)20-14)18-8-5-13-3-6-17-7-4-13/h3,9-12,17H,4-8H2,1-2H3,(H,18,19). The normalized spacial score (nSPS) is 15.5. The van der Waals surface area contributed by atoms with Crippen molar-refractivity contribution in [2.24, 2.45) is 0 Å². The summed E-state index contributed by atoms with van der Waals surface area (Å²) in [5.74, 6) is 1.35. The Morgan fingerprint density at radius 1 is 1.43 bits per heavy atom. The van der Waals surface area contributed by atoms with E-state index < -0.39 is 0 Å². The molecule has 0 atom stereocenters. The fraction of sp³-hybridized carbons (Fsp3) is 0.500. The van der Waals surface area contributed by atoms with Crippen LogP contribution in [-0.2, 0) is 0 Å². The van der Waals surface area contributed by atoms with Gasteiger partial charge in [0.05, 0.1) is 5.69 Å². The topological polar surface area (TPSA) is 54.2 Å². The summed E-state index contributed by atoms with van der Waals surface area (Å²) >= 11 is 0. The second-order valence-electron chi connectivity index (χ2n) is 5.82. The molecule has 2 aromatic rings. The molecule has 0 bridgehead atoms. The van der Waals surface area contributed by atoms with Crippen LogP contribution >= 0.6 is 0 Å². The van der Waals surface area contributed by atoms with Crippen LogP contribution in [0.5, 0.6) is 0 Å². The molecule has 0 radical (unpaired) electrons. The molecule has 3 rings (SSSR count). The summed E-state index contributed by atoms with van der Waals surface area (Å²) in [6.45, 7) is 7.34. The summed E-state index contributed by atoms with van der Waals surface area (Å²) in [6.07, 6.45) is 8.24. The smallest absolute Gasteiger partial charge is 0.152 e. The predicted molar refractivity (Wildman–Crippen MR) is 85.8 cm³/mol. The van der Waals surface area contributed by atoms with Crippen molar-refractivity contribution in [1.29, 1.82) is 0 Å². The molecule has 5 heteroatoms. The van der Waals surface area contributed by atoms with Crippen LogP contribution in [0.2, 0.25) is 0 Å². The van der Waals surface area contributed by atoms with Crippen molar-refractivity contribution in [2.75, 3.05) is 25.0 Å².